The van der Waals surface area contributed by atoms with Gasteiger partial charge in [-0.15, -0.1) is 24.0 Å². The molecular formula is C20H34IN3O2. The fourth-order valence-electron chi connectivity index (χ4n) is 2.55. The van der Waals surface area contributed by atoms with E-state index in [-0.39, 0.29) is 30.1 Å². The predicted octanol–water partition coefficient (Wildman–Crippen LogP) is 3.57. The van der Waals surface area contributed by atoms with E-state index < -0.39 is 0 Å². The molecule has 26 heavy (non-hydrogen) atoms. The molecular weight excluding hydrogens is 441 g/mol. The zero-order valence-electron chi connectivity index (χ0n) is 16.5. The molecule has 5 nitrogen and oxygen atoms in total. The zero-order chi connectivity index (χ0) is 18.1. The van der Waals surface area contributed by atoms with Crippen molar-refractivity contribution >= 4 is 29.9 Å². The number of rotatable bonds is 10. The fourth-order valence-corrected chi connectivity index (χ4v) is 2.55. The van der Waals surface area contributed by atoms with Gasteiger partial charge in [0.1, 0.15) is 5.75 Å². The third-order valence-corrected chi connectivity index (χ3v) is 4.19. The van der Waals surface area contributed by atoms with E-state index in [0.717, 1.165) is 50.4 Å². The zero-order valence-corrected chi connectivity index (χ0v) is 18.9. The second kappa shape index (κ2) is 12.4. The van der Waals surface area contributed by atoms with Crippen LogP contribution in [-0.2, 0) is 11.2 Å². The van der Waals surface area contributed by atoms with E-state index in [4.69, 9.17) is 9.47 Å². The normalized spacial score (nSPS) is 14.1. The Morgan fingerprint density at radius 2 is 1.96 bits per heavy atom. The van der Waals surface area contributed by atoms with Gasteiger partial charge < -0.3 is 19.7 Å². The molecule has 0 heterocycles. The summed E-state index contributed by atoms with van der Waals surface area (Å²) in [6.07, 6.45) is 3.83. The molecule has 0 bridgehead atoms. The summed E-state index contributed by atoms with van der Waals surface area (Å²) in [4.78, 5) is 6.47. The molecule has 2 rings (SSSR count). The quantitative estimate of drug-likeness (QED) is 0.243. The van der Waals surface area contributed by atoms with E-state index in [2.05, 4.69) is 27.3 Å². The number of ether oxygens (including phenoxy) is 2. The summed E-state index contributed by atoms with van der Waals surface area (Å²) in [6, 6.07) is 8.32. The van der Waals surface area contributed by atoms with Crippen LogP contribution >= 0.6 is 24.0 Å². The minimum Gasteiger partial charge on any atom is -0.491 e. The molecule has 1 aromatic rings. The maximum atomic E-state index is 5.70. The van der Waals surface area contributed by atoms with Gasteiger partial charge in [0.15, 0.2) is 5.96 Å². The molecule has 1 saturated carbocycles. The van der Waals surface area contributed by atoms with Crippen molar-refractivity contribution in [2.75, 3.05) is 40.4 Å². The van der Waals surface area contributed by atoms with Crippen LogP contribution in [0.25, 0.3) is 0 Å². The third kappa shape index (κ3) is 9.07. The monoisotopic (exact) mass is 475 g/mol. The SMILES string of the molecule is CN=C(NCCc1ccc(OC(C)C)cc1)N(C)CCOCC1CC1.I. The molecule has 0 aromatic heterocycles. The first-order valence-corrected chi connectivity index (χ1v) is 9.33. The van der Waals surface area contributed by atoms with Crippen LogP contribution in [0.15, 0.2) is 29.3 Å². The van der Waals surface area contributed by atoms with Crippen molar-refractivity contribution in [2.45, 2.75) is 39.2 Å². The Kier molecular flexibility index (Phi) is 11.0. The van der Waals surface area contributed by atoms with Crippen LogP contribution in [0.1, 0.15) is 32.3 Å². The lowest BCUT2D eigenvalue weighted by Gasteiger charge is -2.22. The van der Waals surface area contributed by atoms with Gasteiger partial charge in [-0.1, -0.05) is 12.1 Å². The Labute approximate surface area is 175 Å². The Morgan fingerprint density at radius 3 is 2.54 bits per heavy atom. The molecule has 0 amide bonds. The summed E-state index contributed by atoms with van der Waals surface area (Å²) in [6.45, 7) is 7.45. The van der Waals surface area contributed by atoms with E-state index >= 15 is 0 Å². The van der Waals surface area contributed by atoms with Crippen LogP contribution in [0.5, 0.6) is 5.75 Å². The second-order valence-electron chi connectivity index (χ2n) is 6.97. The van der Waals surface area contributed by atoms with Crippen LogP contribution in [0, 0.1) is 5.92 Å². The molecule has 0 radical (unpaired) electrons. The highest BCUT2D eigenvalue weighted by Gasteiger charge is 2.21. The number of aliphatic imine (C=N–C) groups is 1. The van der Waals surface area contributed by atoms with Gasteiger partial charge in [-0.3, -0.25) is 4.99 Å². The van der Waals surface area contributed by atoms with Crippen LogP contribution in [-0.4, -0.2) is 57.4 Å². The van der Waals surface area contributed by atoms with Crippen molar-refractivity contribution in [3.8, 4) is 5.75 Å². The predicted molar refractivity (Wildman–Crippen MR) is 119 cm³/mol. The molecule has 0 spiro atoms. The van der Waals surface area contributed by atoms with Crippen LogP contribution in [0.2, 0.25) is 0 Å². The highest BCUT2D eigenvalue weighted by Crippen LogP contribution is 2.28. The van der Waals surface area contributed by atoms with Gasteiger partial charge in [-0.2, -0.15) is 0 Å². The smallest absolute Gasteiger partial charge is 0.193 e. The molecule has 1 fully saturated rings. The van der Waals surface area contributed by atoms with Gasteiger partial charge in [0.25, 0.3) is 0 Å². The summed E-state index contributed by atoms with van der Waals surface area (Å²) >= 11 is 0. The van der Waals surface area contributed by atoms with E-state index in [0.29, 0.717) is 0 Å². The highest BCUT2D eigenvalue weighted by molar-refractivity contribution is 14.0. The van der Waals surface area contributed by atoms with E-state index in [9.17, 15) is 0 Å². The standard InChI is InChI=1S/C20H33N3O2.HI/c1-16(2)25-19-9-7-17(8-10-19)11-12-22-20(21-3)23(4)13-14-24-15-18-5-6-18;/h7-10,16,18H,5-6,11-15H2,1-4H3,(H,21,22);1H. The van der Waals surface area contributed by atoms with Gasteiger partial charge in [0.05, 0.1) is 12.7 Å². The third-order valence-electron chi connectivity index (χ3n) is 4.19. The highest BCUT2D eigenvalue weighted by atomic mass is 127. The summed E-state index contributed by atoms with van der Waals surface area (Å²) in [5.74, 6) is 2.66. The Bertz CT molecular complexity index is 530. The molecule has 0 saturated heterocycles. The van der Waals surface area contributed by atoms with Gasteiger partial charge in [-0.25, -0.2) is 0 Å². The topological polar surface area (TPSA) is 46.1 Å². The van der Waals surface area contributed by atoms with Crippen molar-refractivity contribution in [3.63, 3.8) is 0 Å². The molecule has 0 atom stereocenters. The average Bonchev–Trinajstić information content (AvgIpc) is 3.41. The number of guanidine groups is 1. The first kappa shape index (κ1) is 23.0. The lowest BCUT2D eigenvalue weighted by Crippen LogP contribution is -2.41. The number of hydrogen-bond acceptors (Lipinski definition) is 3. The number of halogens is 1. The molecule has 1 aromatic carbocycles. The molecule has 0 aliphatic heterocycles. The molecule has 1 aliphatic carbocycles. The van der Waals surface area contributed by atoms with Gasteiger partial charge in [-0.05, 0) is 56.7 Å². The molecule has 6 heteroatoms. The molecule has 1 N–H and O–H groups in total. The van der Waals surface area contributed by atoms with Crippen LogP contribution in [0.4, 0.5) is 0 Å². The van der Waals surface area contributed by atoms with Crippen molar-refractivity contribution < 1.29 is 9.47 Å². The lowest BCUT2D eigenvalue weighted by atomic mass is 10.1. The Hall–Kier alpha value is -1.02. The maximum absolute atomic E-state index is 5.70. The number of likely N-dealkylation sites (N-methyl/N-ethyl adjacent to an activating group) is 1. The number of hydrogen-bond donors (Lipinski definition) is 1. The summed E-state index contributed by atoms with van der Waals surface area (Å²) in [5.41, 5.74) is 1.29. The molecule has 0 unspecified atom stereocenters. The fraction of sp³-hybridized carbons (Fsp3) is 0.650. The number of benzene rings is 1. The first-order chi connectivity index (χ1) is 12.1. The Balaban J connectivity index is 0.00000338. The van der Waals surface area contributed by atoms with Crippen LogP contribution < -0.4 is 10.1 Å². The van der Waals surface area contributed by atoms with Gasteiger partial charge in [0.2, 0.25) is 0 Å². The first-order valence-electron chi connectivity index (χ1n) is 9.33. The maximum Gasteiger partial charge on any atom is 0.193 e. The largest absolute Gasteiger partial charge is 0.491 e. The van der Waals surface area contributed by atoms with E-state index in [1.807, 2.05) is 40.1 Å². The van der Waals surface area contributed by atoms with Crippen LogP contribution in [0.3, 0.4) is 0 Å². The molecule has 148 valence electrons. The minimum atomic E-state index is 0. The summed E-state index contributed by atoms with van der Waals surface area (Å²) in [7, 11) is 3.87. The van der Waals surface area contributed by atoms with Crippen molar-refractivity contribution in [1.29, 1.82) is 0 Å². The minimum absolute atomic E-state index is 0. The van der Waals surface area contributed by atoms with Crippen molar-refractivity contribution in [2.24, 2.45) is 10.9 Å². The average molecular weight is 475 g/mol. The van der Waals surface area contributed by atoms with Gasteiger partial charge >= 0.3 is 0 Å². The number of nitrogens with zero attached hydrogens (tertiary/aromatic N) is 2. The number of nitrogens with one attached hydrogen (secondary N) is 1. The van der Waals surface area contributed by atoms with E-state index in [1.165, 1.54) is 18.4 Å². The van der Waals surface area contributed by atoms with Crippen molar-refractivity contribution in [1.82, 2.24) is 10.2 Å². The Morgan fingerprint density at radius 1 is 1.27 bits per heavy atom. The molecule has 1 aliphatic rings. The second-order valence-corrected chi connectivity index (χ2v) is 6.97. The van der Waals surface area contributed by atoms with Gasteiger partial charge in [0, 0.05) is 33.8 Å². The van der Waals surface area contributed by atoms with E-state index in [1.54, 1.807) is 0 Å². The summed E-state index contributed by atoms with van der Waals surface area (Å²) in [5, 5.41) is 3.42. The van der Waals surface area contributed by atoms with Crippen molar-refractivity contribution in [3.05, 3.63) is 29.8 Å². The summed E-state index contributed by atoms with van der Waals surface area (Å²) < 4.78 is 11.4. The lowest BCUT2D eigenvalue weighted by molar-refractivity contribution is 0.115.